The summed E-state index contributed by atoms with van der Waals surface area (Å²) in [6.07, 6.45) is 0.678. The monoisotopic (exact) mass is 379 g/mol. The molecule has 0 aliphatic carbocycles. The zero-order chi connectivity index (χ0) is 20.3. The van der Waals surface area contributed by atoms with Crippen molar-refractivity contribution in [2.75, 3.05) is 0 Å². The lowest BCUT2D eigenvalue weighted by Crippen LogP contribution is -2.50. The number of amides is 2. The Morgan fingerprint density at radius 1 is 1.00 bits per heavy atom. The van der Waals surface area contributed by atoms with Crippen LogP contribution in [0.5, 0.6) is 0 Å². The van der Waals surface area contributed by atoms with Gasteiger partial charge in [0.1, 0.15) is 0 Å². The Labute approximate surface area is 167 Å². The third-order valence-electron chi connectivity index (χ3n) is 5.67. The van der Waals surface area contributed by atoms with Crippen LogP contribution in [0.1, 0.15) is 51.7 Å². The van der Waals surface area contributed by atoms with Crippen LogP contribution in [0.15, 0.2) is 60.7 Å². The first-order valence-corrected chi connectivity index (χ1v) is 10.1. The zero-order valence-corrected chi connectivity index (χ0v) is 17.1. The fourth-order valence-electron chi connectivity index (χ4n) is 4.11. The minimum atomic E-state index is -1.01. The van der Waals surface area contributed by atoms with Crippen LogP contribution >= 0.6 is 0 Å². The molecule has 2 aromatic carbocycles. The van der Waals surface area contributed by atoms with Crippen LogP contribution in [0.25, 0.3) is 0 Å². The van der Waals surface area contributed by atoms with Gasteiger partial charge >= 0.3 is 6.09 Å². The maximum Gasteiger partial charge on any atom is 0.418 e. The van der Waals surface area contributed by atoms with E-state index in [1.54, 1.807) is 0 Å². The van der Waals surface area contributed by atoms with E-state index in [4.69, 9.17) is 4.74 Å². The van der Waals surface area contributed by atoms with Gasteiger partial charge in [-0.15, -0.1) is 0 Å². The fraction of sp³-hybridized carbons (Fsp3) is 0.417. The van der Waals surface area contributed by atoms with Gasteiger partial charge in [0, 0.05) is 17.5 Å². The SMILES string of the molecule is CC[C@H](C)CC(=O)N1C(=O)OC(c2ccccc2)(c2ccccc2)[C@H]1C(C)C. The van der Waals surface area contributed by atoms with Gasteiger partial charge < -0.3 is 4.74 Å². The lowest BCUT2D eigenvalue weighted by molar-refractivity contribution is -0.131. The number of rotatable bonds is 6. The first kappa shape index (κ1) is 20.1. The van der Waals surface area contributed by atoms with Crippen molar-refractivity contribution < 1.29 is 14.3 Å². The summed E-state index contributed by atoms with van der Waals surface area (Å²) >= 11 is 0. The molecule has 0 N–H and O–H groups in total. The number of ether oxygens (including phenoxy) is 1. The molecule has 0 unspecified atom stereocenters. The first-order chi connectivity index (χ1) is 13.4. The minimum absolute atomic E-state index is 0.0211. The lowest BCUT2D eigenvalue weighted by Gasteiger charge is -2.37. The highest BCUT2D eigenvalue weighted by atomic mass is 16.6. The van der Waals surface area contributed by atoms with Crippen molar-refractivity contribution in [2.24, 2.45) is 11.8 Å². The molecular weight excluding hydrogens is 350 g/mol. The van der Waals surface area contributed by atoms with Gasteiger partial charge in [0.05, 0.1) is 6.04 Å². The van der Waals surface area contributed by atoms with E-state index in [-0.39, 0.29) is 17.7 Å². The van der Waals surface area contributed by atoms with E-state index in [1.165, 1.54) is 4.90 Å². The average molecular weight is 380 g/mol. The maximum atomic E-state index is 13.1. The van der Waals surface area contributed by atoms with Crippen LogP contribution in [0, 0.1) is 11.8 Å². The summed E-state index contributed by atoms with van der Waals surface area (Å²) in [4.78, 5) is 27.5. The zero-order valence-electron chi connectivity index (χ0n) is 17.1. The summed E-state index contributed by atoms with van der Waals surface area (Å²) in [5.41, 5.74) is 0.748. The van der Waals surface area contributed by atoms with Gasteiger partial charge in [0.15, 0.2) is 5.60 Å². The van der Waals surface area contributed by atoms with Crippen LogP contribution in [-0.4, -0.2) is 22.9 Å². The maximum absolute atomic E-state index is 13.1. The summed E-state index contributed by atoms with van der Waals surface area (Å²) in [6, 6.07) is 19.1. The molecule has 0 saturated carbocycles. The normalized spacial score (nSPS) is 19.5. The second-order valence-electron chi connectivity index (χ2n) is 8.01. The van der Waals surface area contributed by atoms with Crippen molar-refractivity contribution in [1.29, 1.82) is 0 Å². The van der Waals surface area contributed by atoms with Crippen LogP contribution in [0.4, 0.5) is 4.79 Å². The Kier molecular flexibility index (Phi) is 5.87. The summed E-state index contributed by atoms with van der Waals surface area (Å²) in [5, 5.41) is 0. The molecule has 2 aromatic rings. The molecule has 1 aliphatic heterocycles. The van der Waals surface area contributed by atoms with E-state index in [2.05, 4.69) is 6.92 Å². The number of hydrogen-bond acceptors (Lipinski definition) is 3. The van der Waals surface area contributed by atoms with Gasteiger partial charge in [-0.05, 0) is 11.8 Å². The molecule has 0 aromatic heterocycles. The quantitative estimate of drug-likeness (QED) is 0.678. The highest BCUT2D eigenvalue weighted by Crippen LogP contribution is 2.47. The second kappa shape index (κ2) is 8.17. The van der Waals surface area contributed by atoms with Crippen molar-refractivity contribution in [2.45, 2.75) is 52.2 Å². The molecule has 0 radical (unpaired) electrons. The van der Waals surface area contributed by atoms with E-state index in [1.807, 2.05) is 81.4 Å². The third-order valence-corrected chi connectivity index (χ3v) is 5.67. The summed E-state index contributed by atoms with van der Waals surface area (Å²) < 4.78 is 6.11. The van der Waals surface area contributed by atoms with Crippen LogP contribution in [0.3, 0.4) is 0 Å². The largest absolute Gasteiger partial charge is 0.430 e. The number of hydrogen-bond donors (Lipinski definition) is 0. The molecule has 148 valence electrons. The second-order valence-corrected chi connectivity index (χ2v) is 8.01. The molecule has 0 bridgehead atoms. The lowest BCUT2D eigenvalue weighted by atomic mass is 9.75. The number of benzene rings is 2. The van der Waals surface area contributed by atoms with Crippen LogP contribution < -0.4 is 0 Å². The summed E-state index contributed by atoms with van der Waals surface area (Å²) in [6.45, 7) is 8.16. The van der Waals surface area contributed by atoms with E-state index < -0.39 is 17.7 Å². The van der Waals surface area contributed by atoms with E-state index in [0.29, 0.717) is 6.42 Å². The van der Waals surface area contributed by atoms with Crippen molar-refractivity contribution in [3.05, 3.63) is 71.8 Å². The van der Waals surface area contributed by atoms with Gasteiger partial charge in [-0.3, -0.25) is 4.79 Å². The molecule has 3 rings (SSSR count). The molecule has 1 fully saturated rings. The van der Waals surface area contributed by atoms with Crippen molar-refractivity contribution in [1.82, 2.24) is 4.90 Å². The van der Waals surface area contributed by atoms with Crippen molar-refractivity contribution in [3.63, 3.8) is 0 Å². The number of carbonyl (C=O) groups excluding carboxylic acids is 2. The summed E-state index contributed by atoms with van der Waals surface area (Å²) in [5.74, 6) is 0.0797. The molecule has 4 nitrogen and oxygen atoms in total. The Morgan fingerprint density at radius 2 is 1.50 bits per heavy atom. The molecular formula is C24H29NO3. The molecule has 1 heterocycles. The van der Waals surface area contributed by atoms with Gasteiger partial charge in [0.25, 0.3) is 0 Å². The van der Waals surface area contributed by atoms with E-state index in [9.17, 15) is 9.59 Å². The summed E-state index contributed by atoms with van der Waals surface area (Å²) in [7, 11) is 0. The minimum Gasteiger partial charge on any atom is -0.430 e. The number of carbonyl (C=O) groups is 2. The van der Waals surface area contributed by atoms with Gasteiger partial charge in [-0.25, -0.2) is 9.69 Å². The van der Waals surface area contributed by atoms with E-state index in [0.717, 1.165) is 17.5 Å². The topological polar surface area (TPSA) is 46.6 Å². The Bertz CT molecular complexity index is 777. The number of nitrogens with zero attached hydrogens (tertiary/aromatic N) is 1. The highest BCUT2D eigenvalue weighted by Gasteiger charge is 2.59. The molecule has 1 aliphatic rings. The predicted molar refractivity (Wildman–Crippen MR) is 110 cm³/mol. The Hall–Kier alpha value is -2.62. The number of imide groups is 1. The molecule has 28 heavy (non-hydrogen) atoms. The molecule has 0 spiro atoms. The van der Waals surface area contributed by atoms with Crippen LogP contribution in [-0.2, 0) is 15.1 Å². The fourth-order valence-corrected chi connectivity index (χ4v) is 4.11. The molecule has 1 saturated heterocycles. The number of cyclic esters (lactones) is 1. The van der Waals surface area contributed by atoms with E-state index >= 15 is 0 Å². The molecule has 2 amide bonds. The average Bonchev–Trinajstić information content (AvgIpc) is 3.03. The molecule has 4 heteroatoms. The third kappa shape index (κ3) is 3.44. The first-order valence-electron chi connectivity index (χ1n) is 10.1. The van der Waals surface area contributed by atoms with Crippen molar-refractivity contribution in [3.8, 4) is 0 Å². The van der Waals surface area contributed by atoms with Crippen molar-refractivity contribution >= 4 is 12.0 Å². The smallest absolute Gasteiger partial charge is 0.418 e. The van der Waals surface area contributed by atoms with Crippen LogP contribution in [0.2, 0.25) is 0 Å². The Morgan fingerprint density at radius 3 is 1.93 bits per heavy atom. The Balaban J connectivity index is 2.17. The van der Waals surface area contributed by atoms with Gasteiger partial charge in [-0.2, -0.15) is 0 Å². The van der Waals surface area contributed by atoms with Gasteiger partial charge in [0.2, 0.25) is 5.91 Å². The predicted octanol–water partition coefficient (Wildman–Crippen LogP) is 5.37. The molecule has 2 atom stereocenters. The van der Waals surface area contributed by atoms with Gasteiger partial charge in [-0.1, -0.05) is 94.8 Å². The highest BCUT2D eigenvalue weighted by molar-refractivity contribution is 5.94. The standard InChI is InChI=1S/C24H29NO3/c1-5-18(4)16-21(26)25-22(17(2)3)24(28-23(25)27,19-12-8-6-9-13-19)20-14-10-7-11-15-20/h6-15,17-18,22H,5,16H2,1-4H3/t18-,22+/m0/s1.